The Morgan fingerprint density at radius 3 is 2.65 bits per heavy atom. The number of hydrogen-bond donors (Lipinski definition) is 1. The van der Waals surface area contributed by atoms with Gasteiger partial charge >= 0.3 is 0 Å². The summed E-state index contributed by atoms with van der Waals surface area (Å²) in [6, 6.07) is 4.60. The van der Waals surface area contributed by atoms with Crippen molar-refractivity contribution in [2.45, 2.75) is 37.9 Å². The fourth-order valence-electron chi connectivity index (χ4n) is 2.56. The molecule has 0 radical (unpaired) electrons. The molecule has 4 heteroatoms. The average molecular weight is 240 g/mol. The van der Waals surface area contributed by atoms with Gasteiger partial charge in [0.15, 0.2) is 11.6 Å². The van der Waals surface area contributed by atoms with Gasteiger partial charge in [-0.1, -0.05) is 12.5 Å². The van der Waals surface area contributed by atoms with Gasteiger partial charge in [0.2, 0.25) is 0 Å². The van der Waals surface area contributed by atoms with Crippen LogP contribution in [0.2, 0.25) is 0 Å². The maximum atomic E-state index is 13.1. The van der Waals surface area contributed by atoms with Crippen LogP contribution in [0, 0.1) is 11.6 Å². The second-order valence-electron chi connectivity index (χ2n) is 4.83. The van der Waals surface area contributed by atoms with Crippen LogP contribution in [0.25, 0.3) is 0 Å². The third-order valence-corrected chi connectivity index (χ3v) is 3.51. The summed E-state index contributed by atoms with van der Waals surface area (Å²) in [7, 11) is 1.98. The number of hydrogen-bond acceptors (Lipinski definition) is 2. The summed E-state index contributed by atoms with van der Waals surface area (Å²) in [6.07, 6.45) is 3.28. The van der Waals surface area contributed by atoms with Gasteiger partial charge in [0.1, 0.15) is 0 Å². The molecule has 2 N–H and O–H groups in total. The van der Waals surface area contributed by atoms with Crippen LogP contribution >= 0.6 is 0 Å². The lowest BCUT2D eigenvalue weighted by Crippen LogP contribution is -2.41. The highest BCUT2D eigenvalue weighted by atomic mass is 19.2. The minimum absolute atomic E-state index is 0.199. The van der Waals surface area contributed by atoms with E-state index in [0.717, 1.165) is 24.8 Å². The molecule has 0 aliphatic heterocycles. The van der Waals surface area contributed by atoms with E-state index >= 15 is 0 Å². The van der Waals surface area contributed by atoms with E-state index in [4.69, 9.17) is 5.73 Å². The number of rotatable bonds is 3. The predicted molar refractivity (Wildman–Crippen MR) is 63.4 cm³/mol. The molecule has 2 rings (SSSR count). The Hall–Kier alpha value is -1.00. The van der Waals surface area contributed by atoms with Crippen molar-refractivity contribution in [2.75, 3.05) is 7.05 Å². The van der Waals surface area contributed by atoms with Crippen molar-refractivity contribution in [2.24, 2.45) is 5.73 Å². The molecule has 1 aromatic rings. The molecule has 0 aromatic heterocycles. The van der Waals surface area contributed by atoms with Gasteiger partial charge in [0, 0.05) is 18.6 Å². The first kappa shape index (κ1) is 12.5. The first-order valence-corrected chi connectivity index (χ1v) is 5.97. The minimum atomic E-state index is -0.797. The van der Waals surface area contributed by atoms with Crippen LogP contribution in [-0.4, -0.2) is 24.0 Å². The Morgan fingerprint density at radius 2 is 2.06 bits per heavy atom. The van der Waals surface area contributed by atoms with Gasteiger partial charge < -0.3 is 5.73 Å². The van der Waals surface area contributed by atoms with Gasteiger partial charge in [0.25, 0.3) is 0 Å². The Labute approximate surface area is 100 Å². The molecule has 1 fully saturated rings. The Kier molecular flexibility index (Phi) is 3.74. The highest BCUT2D eigenvalue weighted by Gasteiger charge is 2.27. The van der Waals surface area contributed by atoms with Crippen molar-refractivity contribution < 1.29 is 8.78 Å². The van der Waals surface area contributed by atoms with Crippen molar-refractivity contribution in [1.82, 2.24) is 4.90 Å². The molecule has 0 saturated heterocycles. The van der Waals surface area contributed by atoms with E-state index in [9.17, 15) is 8.78 Å². The lowest BCUT2D eigenvalue weighted by atomic mass is 10.1. The molecular weight excluding hydrogens is 222 g/mol. The quantitative estimate of drug-likeness (QED) is 0.878. The van der Waals surface area contributed by atoms with Crippen molar-refractivity contribution >= 4 is 0 Å². The van der Waals surface area contributed by atoms with Crippen molar-refractivity contribution in [3.63, 3.8) is 0 Å². The number of nitrogens with two attached hydrogens (primary N) is 1. The highest BCUT2D eigenvalue weighted by molar-refractivity contribution is 5.17. The first-order valence-electron chi connectivity index (χ1n) is 5.97. The molecule has 1 aliphatic rings. The van der Waals surface area contributed by atoms with E-state index in [0.29, 0.717) is 12.6 Å². The summed E-state index contributed by atoms with van der Waals surface area (Å²) in [5, 5.41) is 0. The molecule has 1 aliphatic carbocycles. The van der Waals surface area contributed by atoms with Crippen LogP contribution in [0.1, 0.15) is 24.8 Å². The lowest BCUT2D eigenvalue weighted by Gasteiger charge is -2.27. The van der Waals surface area contributed by atoms with E-state index in [1.807, 2.05) is 7.05 Å². The fourth-order valence-corrected chi connectivity index (χ4v) is 2.56. The Balaban J connectivity index is 2.02. The summed E-state index contributed by atoms with van der Waals surface area (Å²) in [4.78, 5) is 2.13. The molecule has 0 bridgehead atoms. The van der Waals surface area contributed by atoms with Gasteiger partial charge in [-0.3, -0.25) is 4.90 Å². The lowest BCUT2D eigenvalue weighted by molar-refractivity contribution is 0.220. The summed E-state index contributed by atoms with van der Waals surface area (Å²) < 4.78 is 25.9. The molecular formula is C13H18F2N2. The molecule has 1 aromatic carbocycles. The van der Waals surface area contributed by atoms with Gasteiger partial charge in [-0.2, -0.15) is 0 Å². The van der Waals surface area contributed by atoms with E-state index < -0.39 is 11.6 Å². The molecule has 1 saturated carbocycles. The van der Waals surface area contributed by atoms with Gasteiger partial charge in [-0.15, -0.1) is 0 Å². The van der Waals surface area contributed by atoms with Gasteiger partial charge in [-0.05, 0) is 37.6 Å². The van der Waals surface area contributed by atoms with Crippen LogP contribution in [0.5, 0.6) is 0 Å². The van der Waals surface area contributed by atoms with Crippen LogP contribution < -0.4 is 5.73 Å². The average Bonchev–Trinajstić information content (AvgIpc) is 2.70. The van der Waals surface area contributed by atoms with E-state index in [2.05, 4.69) is 4.90 Å². The van der Waals surface area contributed by atoms with Crippen molar-refractivity contribution in [1.29, 1.82) is 0 Å². The van der Waals surface area contributed by atoms with Crippen LogP contribution in [-0.2, 0) is 6.54 Å². The second-order valence-corrected chi connectivity index (χ2v) is 4.83. The number of halogens is 2. The predicted octanol–water partition coefficient (Wildman–Crippen LogP) is 2.28. The van der Waals surface area contributed by atoms with Crippen LogP contribution in [0.4, 0.5) is 8.78 Å². The largest absolute Gasteiger partial charge is 0.326 e. The number of likely N-dealkylation sites (N-methyl/N-ethyl adjacent to an activating group) is 1. The number of benzene rings is 1. The third-order valence-electron chi connectivity index (χ3n) is 3.51. The van der Waals surface area contributed by atoms with Gasteiger partial charge in [0.05, 0.1) is 0 Å². The molecule has 94 valence electrons. The van der Waals surface area contributed by atoms with Crippen LogP contribution in [0.15, 0.2) is 18.2 Å². The van der Waals surface area contributed by atoms with E-state index in [-0.39, 0.29) is 6.04 Å². The Bertz CT molecular complexity index is 395. The maximum absolute atomic E-state index is 13.1. The maximum Gasteiger partial charge on any atom is 0.159 e. The first-order chi connectivity index (χ1) is 8.08. The van der Waals surface area contributed by atoms with Crippen molar-refractivity contribution in [3.05, 3.63) is 35.4 Å². The topological polar surface area (TPSA) is 29.3 Å². The molecule has 2 nitrogen and oxygen atoms in total. The summed E-state index contributed by atoms with van der Waals surface area (Å²) >= 11 is 0. The monoisotopic (exact) mass is 240 g/mol. The second kappa shape index (κ2) is 5.10. The molecule has 2 unspecified atom stereocenters. The standard InChI is InChI=1S/C13H18F2N2/c1-17(13-4-2-3-12(13)16)8-9-5-6-10(14)11(15)7-9/h5-7,12-13H,2-4,8,16H2,1H3. The molecule has 0 amide bonds. The van der Waals surface area contributed by atoms with Gasteiger partial charge in [-0.25, -0.2) is 8.78 Å². The zero-order valence-electron chi connectivity index (χ0n) is 10.00. The smallest absolute Gasteiger partial charge is 0.159 e. The Morgan fingerprint density at radius 1 is 1.29 bits per heavy atom. The number of nitrogens with zero attached hydrogens (tertiary/aromatic N) is 1. The molecule has 2 atom stereocenters. The third kappa shape index (κ3) is 2.82. The van der Waals surface area contributed by atoms with Crippen LogP contribution in [0.3, 0.4) is 0 Å². The SMILES string of the molecule is CN(Cc1ccc(F)c(F)c1)C1CCCC1N. The summed E-state index contributed by atoms with van der Waals surface area (Å²) in [5.41, 5.74) is 6.79. The molecule has 0 heterocycles. The normalized spacial score (nSPS) is 24.5. The van der Waals surface area contributed by atoms with E-state index in [1.54, 1.807) is 6.07 Å². The zero-order valence-corrected chi connectivity index (χ0v) is 10.00. The summed E-state index contributed by atoms with van der Waals surface area (Å²) in [6.45, 7) is 0.607. The minimum Gasteiger partial charge on any atom is -0.326 e. The molecule has 0 spiro atoms. The van der Waals surface area contributed by atoms with Crippen molar-refractivity contribution in [3.8, 4) is 0 Å². The highest BCUT2D eigenvalue weighted by Crippen LogP contribution is 2.23. The zero-order chi connectivity index (χ0) is 12.4. The summed E-state index contributed by atoms with van der Waals surface area (Å²) in [5.74, 6) is -1.58. The van der Waals surface area contributed by atoms with E-state index in [1.165, 1.54) is 12.1 Å². The fraction of sp³-hybridized carbons (Fsp3) is 0.538. The molecule has 17 heavy (non-hydrogen) atoms.